The molecule has 1 nitrogen and oxygen atoms in total. The van der Waals surface area contributed by atoms with Crippen molar-refractivity contribution < 1.29 is 0 Å². The minimum Gasteiger partial charge on any atom is -0.250 e. The van der Waals surface area contributed by atoms with Gasteiger partial charge in [-0.25, -0.2) is 0 Å². The van der Waals surface area contributed by atoms with E-state index < -0.39 is 0 Å². The Morgan fingerprint density at radius 1 is 1.55 bits per heavy atom. The van der Waals surface area contributed by atoms with Gasteiger partial charge in [0.2, 0.25) is 0 Å². The SMILES string of the molecule is C\C=C/C(=C\CC)/N=C\SC. The Kier molecular flexibility index (Phi) is 7.26. The molecule has 0 aliphatic rings. The molecule has 0 bridgehead atoms. The van der Waals surface area contributed by atoms with Crippen molar-refractivity contribution in [1.82, 2.24) is 0 Å². The second kappa shape index (κ2) is 7.61. The molecule has 0 radical (unpaired) electrons. The van der Waals surface area contributed by atoms with Crippen LogP contribution in [0.25, 0.3) is 0 Å². The average molecular weight is 169 g/mol. The van der Waals surface area contributed by atoms with Crippen LogP contribution < -0.4 is 0 Å². The van der Waals surface area contributed by atoms with Crippen LogP contribution in [0.15, 0.2) is 28.9 Å². The summed E-state index contributed by atoms with van der Waals surface area (Å²) >= 11 is 1.62. The molecular weight excluding hydrogens is 154 g/mol. The lowest BCUT2D eigenvalue weighted by molar-refractivity contribution is 1.19. The molecule has 0 spiro atoms. The van der Waals surface area contributed by atoms with Crippen molar-refractivity contribution in [3.05, 3.63) is 23.9 Å². The summed E-state index contributed by atoms with van der Waals surface area (Å²) in [5.74, 6) is 0. The van der Waals surface area contributed by atoms with Gasteiger partial charge < -0.3 is 0 Å². The number of allylic oxidation sites excluding steroid dienone is 3. The molecule has 0 saturated carbocycles. The number of hydrogen-bond donors (Lipinski definition) is 0. The highest BCUT2D eigenvalue weighted by molar-refractivity contribution is 8.11. The first kappa shape index (κ1) is 10.5. The summed E-state index contributed by atoms with van der Waals surface area (Å²) in [7, 11) is 0. The van der Waals surface area contributed by atoms with E-state index in [1.807, 2.05) is 30.9 Å². The van der Waals surface area contributed by atoms with Crippen LogP contribution in [-0.4, -0.2) is 11.8 Å². The van der Waals surface area contributed by atoms with Crippen LogP contribution in [0.2, 0.25) is 0 Å². The zero-order valence-corrected chi connectivity index (χ0v) is 8.19. The van der Waals surface area contributed by atoms with Gasteiger partial charge in [-0.2, -0.15) is 0 Å². The van der Waals surface area contributed by atoms with Crippen LogP contribution in [-0.2, 0) is 0 Å². The molecule has 0 heterocycles. The molecule has 0 atom stereocenters. The third kappa shape index (κ3) is 5.92. The summed E-state index contributed by atoms with van der Waals surface area (Å²) in [6.45, 7) is 4.11. The van der Waals surface area contributed by atoms with Crippen LogP contribution in [0, 0.1) is 0 Å². The first-order chi connectivity index (χ1) is 5.35. The first-order valence-electron chi connectivity index (χ1n) is 3.73. The Morgan fingerprint density at radius 2 is 2.27 bits per heavy atom. The van der Waals surface area contributed by atoms with Gasteiger partial charge in [-0.15, -0.1) is 11.8 Å². The molecule has 0 unspecified atom stereocenters. The Bertz CT molecular complexity index is 168. The van der Waals surface area contributed by atoms with Crippen LogP contribution in [0.5, 0.6) is 0 Å². The van der Waals surface area contributed by atoms with E-state index in [1.54, 1.807) is 11.8 Å². The summed E-state index contributed by atoms with van der Waals surface area (Å²) in [6, 6.07) is 0. The van der Waals surface area contributed by atoms with Crippen LogP contribution >= 0.6 is 11.8 Å². The van der Waals surface area contributed by atoms with Crippen molar-refractivity contribution in [1.29, 1.82) is 0 Å². The van der Waals surface area contributed by atoms with Crippen molar-refractivity contribution >= 4 is 17.3 Å². The van der Waals surface area contributed by atoms with E-state index in [0.29, 0.717) is 0 Å². The fraction of sp³-hybridized carbons (Fsp3) is 0.444. The molecule has 11 heavy (non-hydrogen) atoms. The van der Waals surface area contributed by atoms with E-state index in [2.05, 4.69) is 18.0 Å². The van der Waals surface area contributed by atoms with E-state index in [1.165, 1.54) is 0 Å². The van der Waals surface area contributed by atoms with E-state index in [4.69, 9.17) is 0 Å². The second-order valence-corrected chi connectivity index (χ2v) is 2.69. The Morgan fingerprint density at radius 3 is 2.73 bits per heavy atom. The van der Waals surface area contributed by atoms with Crippen molar-refractivity contribution in [2.45, 2.75) is 20.3 Å². The topological polar surface area (TPSA) is 12.4 Å². The van der Waals surface area contributed by atoms with Crippen molar-refractivity contribution in [2.24, 2.45) is 4.99 Å². The fourth-order valence-electron chi connectivity index (χ4n) is 0.657. The largest absolute Gasteiger partial charge is 0.250 e. The molecule has 0 aromatic rings. The molecule has 0 aromatic heterocycles. The predicted octanol–water partition coefficient (Wildman–Crippen LogP) is 3.25. The minimum atomic E-state index is 1.03. The molecule has 0 saturated heterocycles. The number of thioether (sulfide) groups is 1. The predicted molar refractivity (Wildman–Crippen MR) is 55.2 cm³/mol. The van der Waals surface area contributed by atoms with Crippen molar-refractivity contribution in [3.8, 4) is 0 Å². The quantitative estimate of drug-likeness (QED) is 0.357. The van der Waals surface area contributed by atoms with Crippen molar-refractivity contribution in [2.75, 3.05) is 6.26 Å². The van der Waals surface area contributed by atoms with Gasteiger partial charge in [-0.3, -0.25) is 4.99 Å². The summed E-state index contributed by atoms with van der Waals surface area (Å²) in [4.78, 5) is 4.23. The highest BCUT2D eigenvalue weighted by Crippen LogP contribution is 2.01. The molecule has 0 aliphatic heterocycles. The lowest BCUT2D eigenvalue weighted by Gasteiger charge is -1.90. The molecule has 0 aliphatic carbocycles. The normalized spacial score (nSPS) is 13.5. The van der Waals surface area contributed by atoms with Gasteiger partial charge in [0, 0.05) is 0 Å². The third-order valence-electron chi connectivity index (χ3n) is 1.06. The van der Waals surface area contributed by atoms with Crippen LogP contribution in [0.3, 0.4) is 0 Å². The van der Waals surface area contributed by atoms with Gasteiger partial charge >= 0.3 is 0 Å². The molecule has 0 amide bonds. The molecule has 0 N–H and O–H groups in total. The summed E-state index contributed by atoms with van der Waals surface area (Å²) < 4.78 is 0. The zero-order valence-electron chi connectivity index (χ0n) is 7.37. The second-order valence-electron chi connectivity index (χ2n) is 2.01. The lowest BCUT2D eigenvalue weighted by atomic mass is 10.3. The molecular formula is C9H15NS. The number of rotatable bonds is 4. The molecule has 62 valence electrons. The maximum absolute atomic E-state index is 4.23. The van der Waals surface area contributed by atoms with Gasteiger partial charge in [0.15, 0.2) is 0 Å². The average Bonchev–Trinajstić information content (AvgIpc) is 2.01. The number of aliphatic imine (C=N–C) groups is 1. The van der Waals surface area contributed by atoms with Gasteiger partial charge in [-0.1, -0.05) is 19.1 Å². The zero-order chi connectivity index (χ0) is 8.53. The minimum absolute atomic E-state index is 1.03. The van der Waals surface area contributed by atoms with Crippen LogP contribution in [0.1, 0.15) is 20.3 Å². The standard InChI is InChI=1S/C9H15NS/c1-4-6-9(7-5-2)10-8-11-3/h4,6-8H,5H2,1-3H3/b6-4-,9-7+,10-8-. The summed E-state index contributed by atoms with van der Waals surface area (Å²) in [5, 5.41) is 0. The highest BCUT2D eigenvalue weighted by Gasteiger charge is 1.82. The van der Waals surface area contributed by atoms with E-state index in [-0.39, 0.29) is 0 Å². The number of hydrogen-bond acceptors (Lipinski definition) is 2. The fourth-order valence-corrected chi connectivity index (χ4v) is 0.884. The Hall–Kier alpha value is -0.500. The lowest BCUT2D eigenvalue weighted by Crippen LogP contribution is -1.72. The van der Waals surface area contributed by atoms with Gasteiger partial charge in [-0.05, 0) is 25.7 Å². The Labute approximate surface area is 73.3 Å². The van der Waals surface area contributed by atoms with Gasteiger partial charge in [0.25, 0.3) is 0 Å². The summed E-state index contributed by atoms with van der Waals surface area (Å²) in [5.41, 5.74) is 2.89. The maximum Gasteiger partial charge on any atom is 0.0601 e. The van der Waals surface area contributed by atoms with Gasteiger partial charge in [0.1, 0.15) is 0 Å². The third-order valence-corrected chi connectivity index (χ3v) is 1.37. The summed E-state index contributed by atoms with van der Waals surface area (Å²) in [6.07, 6.45) is 9.15. The molecule has 0 rings (SSSR count). The maximum atomic E-state index is 4.23. The Balaban J connectivity index is 4.11. The monoisotopic (exact) mass is 169 g/mol. The smallest absolute Gasteiger partial charge is 0.0601 e. The first-order valence-corrected chi connectivity index (χ1v) is 5.02. The molecule has 0 aromatic carbocycles. The molecule has 0 fully saturated rings. The highest BCUT2D eigenvalue weighted by atomic mass is 32.2. The van der Waals surface area contributed by atoms with E-state index >= 15 is 0 Å². The van der Waals surface area contributed by atoms with Crippen LogP contribution in [0.4, 0.5) is 0 Å². The number of nitrogens with zero attached hydrogens (tertiary/aromatic N) is 1. The molecule has 2 heteroatoms. The van der Waals surface area contributed by atoms with Gasteiger partial charge in [0.05, 0.1) is 11.2 Å². The van der Waals surface area contributed by atoms with E-state index in [9.17, 15) is 0 Å². The van der Waals surface area contributed by atoms with E-state index in [0.717, 1.165) is 12.1 Å². The van der Waals surface area contributed by atoms with Crippen molar-refractivity contribution in [3.63, 3.8) is 0 Å².